The second-order valence-electron chi connectivity index (χ2n) is 7.86. The van der Waals surface area contributed by atoms with Crippen molar-refractivity contribution in [3.8, 4) is 17.0 Å². The number of pyridine rings is 1. The number of anilines is 1. The monoisotopic (exact) mass is 439 g/mol. The van der Waals surface area contributed by atoms with Crippen molar-refractivity contribution < 1.29 is 14.3 Å². The van der Waals surface area contributed by atoms with Crippen LogP contribution in [0.15, 0.2) is 84.9 Å². The third-order valence-electron chi connectivity index (χ3n) is 5.27. The van der Waals surface area contributed by atoms with E-state index in [-0.39, 0.29) is 11.8 Å². The van der Waals surface area contributed by atoms with Gasteiger partial charge in [0.2, 0.25) is 5.91 Å². The third-order valence-corrected chi connectivity index (χ3v) is 5.27. The molecule has 0 radical (unpaired) electrons. The average Bonchev–Trinajstić information content (AvgIpc) is 2.86. The summed E-state index contributed by atoms with van der Waals surface area (Å²) in [6.45, 7) is 3.58. The molecule has 0 aliphatic carbocycles. The maximum Gasteiger partial charge on any atom is 0.274 e. The van der Waals surface area contributed by atoms with E-state index in [1.165, 1.54) is 12.1 Å². The molecule has 0 spiro atoms. The Morgan fingerprint density at radius 2 is 1.48 bits per heavy atom. The molecule has 33 heavy (non-hydrogen) atoms. The number of carbonyl (C=O) groups is 2. The molecule has 0 bridgehead atoms. The van der Waals surface area contributed by atoms with Gasteiger partial charge in [-0.3, -0.25) is 15.0 Å². The van der Waals surface area contributed by atoms with Gasteiger partial charge < -0.3 is 4.74 Å². The Hall–Kier alpha value is -4.19. The van der Waals surface area contributed by atoms with Gasteiger partial charge >= 0.3 is 0 Å². The summed E-state index contributed by atoms with van der Waals surface area (Å²) in [5.74, 6) is -0.653. The second kappa shape index (κ2) is 9.53. The van der Waals surface area contributed by atoms with Gasteiger partial charge in [-0.1, -0.05) is 80.6 Å². The summed E-state index contributed by atoms with van der Waals surface area (Å²) in [4.78, 5) is 31.5. The molecule has 1 aromatic heterocycles. The van der Waals surface area contributed by atoms with Gasteiger partial charge in [-0.05, 0) is 18.2 Å². The molecule has 0 unspecified atom stereocenters. The van der Waals surface area contributed by atoms with Crippen LogP contribution in [0.5, 0.6) is 5.75 Å². The van der Waals surface area contributed by atoms with Crippen LogP contribution in [0, 0.1) is 5.92 Å². The largest absolute Gasteiger partial charge is 0.494 e. The SMILES string of the molecule is COc1c(-c2ccccc2)nc2ccccc2c1C(=O)NN(C(=O)C(C)C)c1ccccc1. The van der Waals surface area contributed by atoms with Crippen molar-refractivity contribution in [3.63, 3.8) is 0 Å². The zero-order chi connectivity index (χ0) is 23.4. The summed E-state index contributed by atoms with van der Waals surface area (Å²) < 4.78 is 5.73. The molecule has 1 N–H and O–H groups in total. The number of aromatic nitrogens is 1. The van der Waals surface area contributed by atoms with Crippen LogP contribution in [-0.4, -0.2) is 23.9 Å². The molecule has 4 rings (SSSR count). The number of hydrogen-bond acceptors (Lipinski definition) is 4. The smallest absolute Gasteiger partial charge is 0.274 e. The van der Waals surface area contributed by atoms with E-state index in [9.17, 15) is 9.59 Å². The van der Waals surface area contributed by atoms with Crippen LogP contribution in [-0.2, 0) is 4.79 Å². The van der Waals surface area contributed by atoms with Crippen molar-refractivity contribution in [1.82, 2.24) is 10.4 Å². The first-order chi connectivity index (χ1) is 16.0. The molecule has 0 saturated heterocycles. The molecule has 6 nitrogen and oxygen atoms in total. The number of hydrogen-bond donors (Lipinski definition) is 1. The number of fused-ring (bicyclic) bond motifs is 1. The topological polar surface area (TPSA) is 71.5 Å². The predicted octanol–water partition coefficient (Wildman–Crippen LogP) is 5.24. The fraction of sp³-hybridized carbons (Fsp3) is 0.148. The van der Waals surface area contributed by atoms with E-state index in [2.05, 4.69) is 5.43 Å². The molecule has 166 valence electrons. The Morgan fingerprint density at radius 3 is 2.12 bits per heavy atom. The highest BCUT2D eigenvalue weighted by atomic mass is 16.5. The summed E-state index contributed by atoms with van der Waals surface area (Å²) in [5, 5.41) is 1.93. The zero-order valence-electron chi connectivity index (χ0n) is 18.8. The van der Waals surface area contributed by atoms with E-state index in [0.717, 1.165) is 5.56 Å². The first-order valence-electron chi connectivity index (χ1n) is 10.7. The van der Waals surface area contributed by atoms with Crippen molar-refractivity contribution in [2.24, 2.45) is 5.92 Å². The van der Waals surface area contributed by atoms with E-state index >= 15 is 0 Å². The molecule has 4 aromatic rings. The number of nitrogens with zero attached hydrogens (tertiary/aromatic N) is 2. The van der Waals surface area contributed by atoms with Gasteiger partial charge in [0.05, 0.1) is 23.9 Å². The second-order valence-corrected chi connectivity index (χ2v) is 7.86. The first-order valence-corrected chi connectivity index (χ1v) is 10.7. The van der Waals surface area contributed by atoms with Crippen LogP contribution in [0.2, 0.25) is 0 Å². The van der Waals surface area contributed by atoms with Crippen LogP contribution in [0.25, 0.3) is 22.2 Å². The normalized spacial score (nSPS) is 10.8. The minimum Gasteiger partial charge on any atom is -0.494 e. The Morgan fingerprint density at radius 1 is 0.879 bits per heavy atom. The van der Waals surface area contributed by atoms with Crippen molar-refractivity contribution >= 4 is 28.4 Å². The summed E-state index contributed by atoms with van der Waals surface area (Å²) >= 11 is 0. The molecular weight excluding hydrogens is 414 g/mol. The minimum atomic E-state index is -0.458. The molecule has 1 heterocycles. The first kappa shape index (κ1) is 22.0. The fourth-order valence-electron chi connectivity index (χ4n) is 3.65. The van der Waals surface area contributed by atoms with Crippen LogP contribution < -0.4 is 15.2 Å². The molecule has 3 aromatic carbocycles. The number of benzene rings is 3. The Labute approximate surface area is 192 Å². The number of methoxy groups -OCH3 is 1. The van der Waals surface area contributed by atoms with E-state index in [1.54, 1.807) is 26.0 Å². The van der Waals surface area contributed by atoms with E-state index in [4.69, 9.17) is 9.72 Å². The number of rotatable bonds is 5. The molecule has 6 heteroatoms. The Kier molecular flexibility index (Phi) is 6.36. The summed E-state index contributed by atoms with van der Waals surface area (Å²) in [6.07, 6.45) is 0. The fourth-order valence-corrected chi connectivity index (χ4v) is 3.65. The molecule has 0 aliphatic heterocycles. The average molecular weight is 440 g/mol. The van der Waals surface area contributed by atoms with Crippen LogP contribution in [0.1, 0.15) is 24.2 Å². The highest BCUT2D eigenvalue weighted by Gasteiger charge is 2.27. The van der Waals surface area contributed by atoms with Gasteiger partial charge in [-0.25, -0.2) is 9.99 Å². The molecule has 0 aliphatic rings. The number of nitrogens with one attached hydrogen (secondary N) is 1. The lowest BCUT2D eigenvalue weighted by Crippen LogP contribution is -2.48. The summed E-state index contributed by atoms with van der Waals surface area (Å²) in [7, 11) is 1.52. The number of hydrazine groups is 1. The molecule has 0 atom stereocenters. The lowest BCUT2D eigenvalue weighted by atomic mass is 10.0. The van der Waals surface area contributed by atoms with Crippen molar-refractivity contribution in [2.75, 3.05) is 12.1 Å². The van der Waals surface area contributed by atoms with Gasteiger partial charge in [0.1, 0.15) is 5.69 Å². The van der Waals surface area contributed by atoms with E-state index in [0.29, 0.717) is 33.6 Å². The number of amides is 2. The van der Waals surface area contributed by atoms with Gasteiger partial charge in [-0.2, -0.15) is 0 Å². The number of carbonyl (C=O) groups excluding carboxylic acids is 2. The molecule has 0 fully saturated rings. The Bertz CT molecular complexity index is 1290. The minimum absolute atomic E-state index is 0.227. The van der Waals surface area contributed by atoms with Crippen LogP contribution in [0.4, 0.5) is 5.69 Å². The van der Waals surface area contributed by atoms with Crippen LogP contribution in [0.3, 0.4) is 0 Å². The Balaban J connectivity index is 1.87. The number of para-hydroxylation sites is 2. The van der Waals surface area contributed by atoms with Crippen molar-refractivity contribution in [3.05, 3.63) is 90.5 Å². The van der Waals surface area contributed by atoms with Gasteiger partial charge in [0.25, 0.3) is 5.91 Å². The van der Waals surface area contributed by atoms with Crippen LogP contribution >= 0.6 is 0 Å². The lowest BCUT2D eigenvalue weighted by molar-refractivity contribution is -0.122. The molecular formula is C27H25N3O3. The highest BCUT2D eigenvalue weighted by molar-refractivity contribution is 6.12. The quantitative estimate of drug-likeness (QED) is 0.432. The lowest BCUT2D eigenvalue weighted by Gasteiger charge is -2.26. The zero-order valence-corrected chi connectivity index (χ0v) is 18.8. The van der Waals surface area contributed by atoms with Gasteiger partial charge in [0, 0.05) is 16.9 Å². The standard InChI is InChI=1S/C27H25N3O3/c1-18(2)27(32)30(20-14-8-5-9-15-20)29-26(31)23-21-16-10-11-17-22(21)28-24(25(23)33-3)19-12-6-4-7-13-19/h4-18H,1-3H3,(H,29,31). The maximum atomic E-state index is 13.7. The summed E-state index contributed by atoms with van der Waals surface area (Å²) in [6, 6.07) is 26.0. The molecule has 0 saturated carbocycles. The van der Waals surface area contributed by atoms with Gasteiger partial charge in [-0.15, -0.1) is 0 Å². The highest BCUT2D eigenvalue weighted by Crippen LogP contribution is 2.36. The number of ether oxygens (including phenoxy) is 1. The summed E-state index contributed by atoms with van der Waals surface area (Å²) in [5.41, 5.74) is 5.75. The maximum absolute atomic E-state index is 13.7. The van der Waals surface area contributed by atoms with E-state index in [1.807, 2.05) is 72.8 Å². The van der Waals surface area contributed by atoms with Crippen molar-refractivity contribution in [2.45, 2.75) is 13.8 Å². The predicted molar refractivity (Wildman–Crippen MR) is 130 cm³/mol. The van der Waals surface area contributed by atoms with E-state index < -0.39 is 5.91 Å². The van der Waals surface area contributed by atoms with Crippen molar-refractivity contribution in [1.29, 1.82) is 0 Å². The van der Waals surface area contributed by atoms with Gasteiger partial charge in [0.15, 0.2) is 5.75 Å². The molecule has 2 amide bonds. The third kappa shape index (κ3) is 4.41.